The van der Waals surface area contributed by atoms with E-state index in [-0.39, 0.29) is 41.6 Å². The summed E-state index contributed by atoms with van der Waals surface area (Å²) in [5.74, 6) is 0.963. The zero-order valence-corrected chi connectivity index (χ0v) is 18.9. The van der Waals surface area contributed by atoms with Gasteiger partial charge in [-0.2, -0.15) is 0 Å². The van der Waals surface area contributed by atoms with Crippen LogP contribution in [0.15, 0.2) is 29.3 Å². The molecule has 2 saturated heterocycles. The molecule has 1 saturated carbocycles. The van der Waals surface area contributed by atoms with Crippen LogP contribution in [0, 0.1) is 0 Å². The molecule has 1 N–H and O–H groups in total. The molecule has 0 amide bonds. The highest BCUT2D eigenvalue weighted by Crippen LogP contribution is 2.48. The van der Waals surface area contributed by atoms with Gasteiger partial charge in [-0.25, -0.2) is 0 Å². The number of nitrogens with one attached hydrogen (secondary N) is 1. The van der Waals surface area contributed by atoms with Crippen molar-refractivity contribution in [2.75, 3.05) is 39.9 Å². The van der Waals surface area contributed by atoms with E-state index in [4.69, 9.17) is 21.1 Å². The number of guanidine groups is 1. The quantitative estimate of drug-likeness (QED) is 0.387. The van der Waals surface area contributed by atoms with Crippen molar-refractivity contribution in [3.8, 4) is 0 Å². The van der Waals surface area contributed by atoms with Crippen LogP contribution in [0.4, 0.5) is 0 Å². The molecule has 0 radical (unpaired) electrons. The summed E-state index contributed by atoms with van der Waals surface area (Å²) in [5, 5.41) is 4.42. The van der Waals surface area contributed by atoms with E-state index in [2.05, 4.69) is 27.3 Å². The van der Waals surface area contributed by atoms with E-state index in [0.717, 1.165) is 56.7 Å². The van der Waals surface area contributed by atoms with Crippen molar-refractivity contribution in [1.29, 1.82) is 0 Å². The SMILES string of the molecule is CN=C(NCC1(c2cccc(Cl)c2)CC1)N1CCOC(C2CCCO2)C1.I. The Morgan fingerprint density at radius 2 is 2.11 bits per heavy atom. The van der Waals surface area contributed by atoms with Crippen molar-refractivity contribution in [2.45, 2.75) is 43.3 Å². The molecule has 0 bridgehead atoms. The van der Waals surface area contributed by atoms with Crippen LogP contribution in [-0.2, 0) is 14.9 Å². The summed E-state index contributed by atoms with van der Waals surface area (Å²) in [7, 11) is 1.86. The Morgan fingerprint density at radius 3 is 2.78 bits per heavy atom. The highest BCUT2D eigenvalue weighted by atomic mass is 127. The molecule has 27 heavy (non-hydrogen) atoms. The molecule has 5 nitrogen and oxygen atoms in total. The fraction of sp³-hybridized carbons (Fsp3) is 0.650. The molecule has 3 fully saturated rings. The van der Waals surface area contributed by atoms with Gasteiger partial charge in [0.15, 0.2) is 5.96 Å². The van der Waals surface area contributed by atoms with Crippen LogP contribution in [0.25, 0.3) is 0 Å². The number of hydrogen-bond acceptors (Lipinski definition) is 3. The number of aliphatic imine (C=N–C) groups is 1. The summed E-state index contributed by atoms with van der Waals surface area (Å²) >= 11 is 6.19. The summed E-state index contributed by atoms with van der Waals surface area (Å²) in [6.45, 7) is 4.19. The number of hydrogen-bond donors (Lipinski definition) is 1. The van der Waals surface area contributed by atoms with E-state index in [9.17, 15) is 0 Å². The largest absolute Gasteiger partial charge is 0.375 e. The first kappa shape index (κ1) is 21.1. The summed E-state index contributed by atoms with van der Waals surface area (Å²) < 4.78 is 11.8. The Kier molecular flexibility index (Phi) is 7.27. The van der Waals surface area contributed by atoms with Crippen molar-refractivity contribution in [1.82, 2.24) is 10.2 Å². The van der Waals surface area contributed by atoms with Gasteiger partial charge in [0.1, 0.15) is 6.10 Å². The smallest absolute Gasteiger partial charge is 0.193 e. The summed E-state index contributed by atoms with van der Waals surface area (Å²) in [6, 6.07) is 8.26. The Hall–Kier alpha value is -0.570. The Morgan fingerprint density at radius 1 is 1.30 bits per heavy atom. The minimum Gasteiger partial charge on any atom is -0.375 e. The van der Waals surface area contributed by atoms with Gasteiger partial charge in [0.2, 0.25) is 0 Å². The predicted octanol–water partition coefficient (Wildman–Crippen LogP) is 3.44. The van der Waals surface area contributed by atoms with Crippen LogP contribution in [0.1, 0.15) is 31.2 Å². The van der Waals surface area contributed by atoms with Crippen molar-refractivity contribution < 1.29 is 9.47 Å². The maximum absolute atomic E-state index is 6.19. The first-order valence-electron chi connectivity index (χ1n) is 9.65. The molecule has 1 aromatic carbocycles. The minimum atomic E-state index is 0. The number of halogens is 2. The van der Waals surface area contributed by atoms with Crippen LogP contribution < -0.4 is 5.32 Å². The Labute approximate surface area is 183 Å². The van der Waals surface area contributed by atoms with E-state index in [1.165, 1.54) is 18.4 Å². The molecule has 0 spiro atoms. The lowest BCUT2D eigenvalue weighted by Crippen LogP contribution is -2.54. The van der Waals surface area contributed by atoms with Gasteiger partial charge in [-0.05, 0) is 43.4 Å². The molecule has 1 aromatic rings. The number of ether oxygens (including phenoxy) is 2. The number of rotatable bonds is 4. The molecule has 2 atom stereocenters. The van der Waals surface area contributed by atoms with Gasteiger partial charge in [-0.3, -0.25) is 4.99 Å². The second kappa shape index (κ2) is 9.29. The maximum atomic E-state index is 6.19. The van der Waals surface area contributed by atoms with E-state index < -0.39 is 0 Å². The molecule has 2 heterocycles. The Balaban J connectivity index is 0.00000210. The highest BCUT2D eigenvalue weighted by molar-refractivity contribution is 14.0. The van der Waals surface area contributed by atoms with Crippen molar-refractivity contribution in [3.63, 3.8) is 0 Å². The minimum absolute atomic E-state index is 0. The first-order chi connectivity index (χ1) is 12.7. The maximum Gasteiger partial charge on any atom is 0.193 e. The van der Waals surface area contributed by atoms with Crippen LogP contribution in [0.5, 0.6) is 0 Å². The zero-order valence-electron chi connectivity index (χ0n) is 15.8. The van der Waals surface area contributed by atoms with Crippen LogP contribution in [0.3, 0.4) is 0 Å². The molecular formula is C20H29ClIN3O2. The van der Waals surface area contributed by atoms with Gasteiger partial charge in [-0.1, -0.05) is 23.7 Å². The van der Waals surface area contributed by atoms with Crippen molar-refractivity contribution >= 4 is 41.5 Å². The molecule has 2 unspecified atom stereocenters. The third kappa shape index (κ3) is 4.89. The van der Waals surface area contributed by atoms with Crippen LogP contribution >= 0.6 is 35.6 Å². The average molecular weight is 506 g/mol. The van der Waals surface area contributed by atoms with Crippen molar-refractivity contribution in [2.24, 2.45) is 4.99 Å². The van der Waals surface area contributed by atoms with Crippen LogP contribution in [0.2, 0.25) is 5.02 Å². The third-order valence-electron chi connectivity index (χ3n) is 5.86. The van der Waals surface area contributed by atoms with E-state index >= 15 is 0 Å². The first-order valence-corrected chi connectivity index (χ1v) is 10.0. The monoisotopic (exact) mass is 505 g/mol. The average Bonchev–Trinajstić information content (AvgIpc) is 3.25. The molecule has 150 valence electrons. The van der Waals surface area contributed by atoms with E-state index in [1.807, 2.05) is 19.2 Å². The van der Waals surface area contributed by atoms with Crippen molar-refractivity contribution in [3.05, 3.63) is 34.9 Å². The second-order valence-corrected chi connectivity index (χ2v) is 8.03. The standard InChI is InChI=1S/C20H28ClN3O2.HI/c1-22-19(24-9-11-26-18(13-24)17-6-3-10-25-17)23-14-20(7-8-20)15-4-2-5-16(21)12-15;/h2,4-5,12,17-18H,3,6-11,13-14H2,1H3,(H,22,23);1H. The third-order valence-corrected chi connectivity index (χ3v) is 6.09. The van der Waals surface area contributed by atoms with Gasteiger partial charge in [0, 0.05) is 43.7 Å². The van der Waals surface area contributed by atoms with Gasteiger partial charge < -0.3 is 19.7 Å². The fourth-order valence-electron chi connectivity index (χ4n) is 4.11. The molecule has 2 aliphatic heterocycles. The Bertz CT molecular complexity index is 662. The molecule has 3 aliphatic rings. The lowest BCUT2D eigenvalue weighted by molar-refractivity contribution is -0.0817. The molecular weight excluding hydrogens is 477 g/mol. The number of benzene rings is 1. The number of nitrogens with zero attached hydrogens (tertiary/aromatic N) is 2. The highest BCUT2D eigenvalue weighted by Gasteiger charge is 2.44. The number of morpholine rings is 1. The van der Waals surface area contributed by atoms with Crippen LogP contribution in [-0.4, -0.2) is 63.0 Å². The second-order valence-electron chi connectivity index (χ2n) is 7.60. The summed E-state index contributed by atoms with van der Waals surface area (Å²) in [5.41, 5.74) is 1.52. The van der Waals surface area contributed by atoms with Gasteiger partial charge in [0.25, 0.3) is 0 Å². The van der Waals surface area contributed by atoms with Gasteiger partial charge in [0.05, 0.1) is 12.7 Å². The molecule has 7 heteroatoms. The van der Waals surface area contributed by atoms with E-state index in [0.29, 0.717) is 0 Å². The lowest BCUT2D eigenvalue weighted by atomic mass is 9.96. The summed E-state index contributed by atoms with van der Waals surface area (Å²) in [4.78, 5) is 6.83. The fourth-order valence-corrected chi connectivity index (χ4v) is 4.30. The van der Waals surface area contributed by atoms with E-state index in [1.54, 1.807) is 0 Å². The van der Waals surface area contributed by atoms with Gasteiger partial charge in [-0.15, -0.1) is 24.0 Å². The molecule has 4 rings (SSSR count). The predicted molar refractivity (Wildman–Crippen MR) is 119 cm³/mol. The van der Waals surface area contributed by atoms with Gasteiger partial charge >= 0.3 is 0 Å². The topological polar surface area (TPSA) is 46.1 Å². The molecule has 1 aliphatic carbocycles. The normalized spacial score (nSPS) is 27.2. The zero-order chi connectivity index (χ0) is 18.0. The summed E-state index contributed by atoms with van der Waals surface area (Å²) in [6.07, 6.45) is 5.00. The lowest BCUT2D eigenvalue weighted by Gasteiger charge is -2.37. The molecule has 0 aromatic heterocycles.